The molecule has 108 valence electrons. The van der Waals surface area contributed by atoms with Crippen LogP contribution in [0.2, 0.25) is 0 Å². The summed E-state index contributed by atoms with van der Waals surface area (Å²) in [7, 11) is 1.84. The van der Waals surface area contributed by atoms with Crippen LogP contribution in [0.15, 0.2) is 36.4 Å². The molecule has 0 aliphatic heterocycles. The molecular weight excluding hydrogens is 280 g/mol. The largest absolute Gasteiger partial charge is 0.365 e. The maximum Gasteiger partial charge on any atom is 0.225 e. The molecule has 21 heavy (non-hydrogen) atoms. The fourth-order valence-corrected chi connectivity index (χ4v) is 3.14. The molecule has 0 unspecified atom stereocenters. The van der Waals surface area contributed by atoms with Crippen LogP contribution in [0.3, 0.4) is 0 Å². The Labute approximate surface area is 128 Å². The van der Waals surface area contributed by atoms with E-state index >= 15 is 0 Å². The van der Waals surface area contributed by atoms with E-state index in [1.165, 1.54) is 10.4 Å². The van der Waals surface area contributed by atoms with Gasteiger partial charge in [0.05, 0.1) is 5.39 Å². The molecule has 5 heteroatoms. The van der Waals surface area contributed by atoms with E-state index in [4.69, 9.17) is 0 Å². The number of hydrogen-bond acceptors (Lipinski definition) is 5. The van der Waals surface area contributed by atoms with Crippen molar-refractivity contribution in [2.45, 2.75) is 19.9 Å². The van der Waals surface area contributed by atoms with Crippen molar-refractivity contribution in [2.24, 2.45) is 0 Å². The molecule has 0 fully saturated rings. The first-order chi connectivity index (χ1) is 10.3. The fraction of sp³-hybridized carbons (Fsp3) is 0.250. The normalized spacial score (nSPS) is 10.8. The Balaban J connectivity index is 1.94. The summed E-state index contributed by atoms with van der Waals surface area (Å²) in [5.74, 6) is 1.55. The van der Waals surface area contributed by atoms with E-state index in [1.54, 1.807) is 11.3 Å². The van der Waals surface area contributed by atoms with E-state index < -0.39 is 0 Å². The van der Waals surface area contributed by atoms with Crippen LogP contribution in [0, 0.1) is 0 Å². The molecule has 0 amide bonds. The van der Waals surface area contributed by atoms with Gasteiger partial charge >= 0.3 is 0 Å². The standard InChI is InChI=1S/C16H18N4S/c1-3-12-9-13-14(18-10-11-7-5-4-6-8-11)19-16(17-2)20-15(13)21-12/h4-9H,3,10H2,1-2H3,(H2,17,18,19,20). The number of hydrogen-bond donors (Lipinski definition) is 2. The molecule has 0 saturated carbocycles. The molecular formula is C16H18N4S. The molecule has 2 N–H and O–H groups in total. The van der Waals surface area contributed by atoms with Gasteiger partial charge in [-0.2, -0.15) is 4.98 Å². The van der Waals surface area contributed by atoms with Gasteiger partial charge in [-0.1, -0.05) is 37.3 Å². The highest BCUT2D eigenvalue weighted by Gasteiger charge is 2.10. The van der Waals surface area contributed by atoms with Gasteiger partial charge < -0.3 is 10.6 Å². The first-order valence-electron chi connectivity index (χ1n) is 7.06. The van der Waals surface area contributed by atoms with Crippen molar-refractivity contribution in [3.8, 4) is 0 Å². The average Bonchev–Trinajstić information content (AvgIpc) is 2.96. The number of anilines is 2. The lowest BCUT2D eigenvalue weighted by Gasteiger charge is -2.08. The second-order valence-corrected chi connectivity index (χ2v) is 5.89. The summed E-state index contributed by atoms with van der Waals surface area (Å²) in [6.45, 7) is 2.92. The quantitative estimate of drug-likeness (QED) is 0.750. The first kappa shape index (κ1) is 13.8. The molecule has 0 bridgehead atoms. The number of benzene rings is 1. The lowest BCUT2D eigenvalue weighted by atomic mass is 10.2. The molecule has 0 spiro atoms. The zero-order chi connectivity index (χ0) is 14.7. The summed E-state index contributed by atoms with van der Waals surface area (Å²) in [6.07, 6.45) is 1.02. The molecule has 1 aromatic carbocycles. The fourth-order valence-electron chi connectivity index (χ4n) is 2.17. The van der Waals surface area contributed by atoms with E-state index in [0.29, 0.717) is 5.95 Å². The third-order valence-electron chi connectivity index (χ3n) is 3.32. The van der Waals surface area contributed by atoms with Gasteiger partial charge in [-0.05, 0) is 18.1 Å². The van der Waals surface area contributed by atoms with Crippen molar-refractivity contribution in [2.75, 3.05) is 17.7 Å². The number of fused-ring (bicyclic) bond motifs is 1. The third kappa shape index (κ3) is 2.97. The highest BCUT2D eigenvalue weighted by Crippen LogP contribution is 2.30. The van der Waals surface area contributed by atoms with Crippen LogP contribution in [-0.4, -0.2) is 17.0 Å². The molecule has 3 aromatic rings. The van der Waals surface area contributed by atoms with Crippen LogP contribution in [0.25, 0.3) is 10.2 Å². The summed E-state index contributed by atoms with van der Waals surface area (Å²) in [4.78, 5) is 11.4. The smallest absolute Gasteiger partial charge is 0.225 e. The Morgan fingerprint density at radius 3 is 2.67 bits per heavy atom. The molecule has 2 heterocycles. The predicted octanol–water partition coefficient (Wildman–Crippen LogP) is 3.91. The summed E-state index contributed by atoms with van der Waals surface area (Å²) >= 11 is 1.73. The molecule has 4 nitrogen and oxygen atoms in total. The Bertz CT molecular complexity index is 737. The minimum Gasteiger partial charge on any atom is -0.365 e. The highest BCUT2D eigenvalue weighted by atomic mass is 32.1. The van der Waals surface area contributed by atoms with Crippen LogP contribution in [0.1, 0.15) is 17.4 Å². The van der Waals surface area contributed by atoms with Crippen molar-refractivity contribution < 1.29 is 0 Å². The van der Waals surface area contributed by atoms with Gasteiger partial charge in [0, 0.05) is 18.5 Å². The number of rotatable bonds is 5. The van der Waals surface area contributed by atoms with E-state index in [1.807, 2.05) is 25.2 Å². The van der Waals surface area contributed by atoms with E-state index in [-0.39, 0.29) is 0 Å². The Hall–Kier alpha value is -2.14. The second-order valence-electron chi connectivity index (χ2n) is 4.77. The van der Waals surface area contributed by atoms with E-state index in [2.05, 4.69) is 45.7 Å². The second kappa shape index (κ2) is 6.10. The van der Waals surface area contributed by atoms with Crippen LogP contribution in [0.5, 0.6) is 0 Å². The van der Waals surface area contributed by atoms with Crippen LogP contribution < -0.4 is 10.6 Å². The number of nitrogens with zero attached hydrogens (tertiary/aromatic N) is 2. The minimum atomic E-state index is 0.655. The molecule has 0 atom stereocenters. The number of aromatic nitrogens is 2. The average molecular weight is 298 g/mol. The zero-order valence-electron chi connectivity index (χ0n) is 12.2. The van der Waals surface area contributed by atoms with E-state index in [9.17, 15) is 0 Å². The summed E-state index contributed by atoms with van der Waals surface area (Å²) < 4.78 is 0. The van der Waals surface area contributed by atoms with E-state index in [0.717, 1.165) is 29.0 Å². The maximum atomic E-state index is 4.56. The minimum absolute atomic E-state index is 0.655. The van der Waals surface area contributed by atoms with Crippen molar-refractivity contribution >= 4 is 33.3 Å². The van der Waals surface area contributed by atoms with Gasteiger partial charge in [0.15, 0.2) is 0 Å². The maximum absolute atomic E-state index is 4.56. The lowest BCUT2D eigenvalue weighted by Crippen LogP contribution is -2.04. The van der Waals surface area contributed by atoms with Gasteiger partial charge in [-0.3, -0.25) is 0 Å². The van der Waals surface area contributed by atoms with Gasteiger partial charge in [-0.15, -0.1) is 11.3 Å². The summed E-state index contributed by atoms with van der Waals surface area (Å²) in [6, 6.07) is 12.5. The monoisotopic (exact) mass is 298 g/mol. The zero-order valence-corrected chi connectivity index (χ0v) is 13.0. The van der Waals surface area contributed by atoms with Gasteiger partial charge in [0.2, 0.25) is 5.95 Å². The molecule has 2 aromatic heterocycles. The highest BCUT2D eigenvalue weighted by molar-refractivity contribution is 7.18. The number of aryl methyl sites for hydroxylation is 1. The number of nitrogens with one attached hydrogen (secondary N) is 2. The van der Waals surface area contributed by atoms with Crippen LogP contribution in [0.4, 0.5) is 11.8 Å². The van der Waals surface area contributed by atoms with Crippen molar-refractivity contribution in [3.05, 3.63) is 46.8 Å². The lowest BCUT2D eigenvalue weighted by molar-refractivity contribution is 1.10. The van der Waals surface area contributed by atoms with Gasteiger partial charge in [-0.25, -0.2) is 4.98 Å². The van der Waals surface area contributed by atoms with Gasteiger partial charge in [0.25, 0.3) is 0 Å². The predicted molar refractivity (Wildman–Crippen MR) is 90.1 cm³/mol. The topological polar surface area (TPSA) is 49.8 Å². The van der Waals surface area contributed by atoms with Gasteiger partial charge in [0.1, 0.15) is 10.6 Å². The Morgan fingerprint density at radius 1 is 1.14 bits per heavy atom. The summed E-state index contributed by atoms with van der Waals surface area (Å²) in [5, 5.41) is 7.56. The number of thiophene rings is 1. The molecule has 0 radical (unpaired) electrons. The molecule has 0 saturated heterocycles. The van der Waals surface area contributed by atoms with Crippen molar-refractivity contribution in [1.29, 1.82) is 0 Å². The molecule has 0 aliphatic carbocycles. The Morgan fingerprint density at radius 2 is 1.95 bits per heavy atom. The van der Waals surface area contributed by atoms with Crippen molar-refractivity contribution in [3.63, 3.8) is 0 Å². The first-order valence-corrected chi connectivity index (χ1v) is 7.87. The molecule has 3 rings (SSSR count). The summed E-state index contributed by atoms with van der Waals surface area (Å²) in [5.41, 5.74) is 1.24. The van der Waals surface area contributed by atoms with Crippen LogP contribution >= 0.6 is 11.3 Å². The van der Waals surface area contributed by atoms with Crippen LogP contribution in [-0.2, 0) is 13.0 Å². The Kier molecular flexibility index (Phi) is 4.01. The SMILES string of the molecule is CCc1cc2c(NCc3ccccc3)nc(NC)nc2s1. The third-order valence-corrected chi connectivity index (χ3v) is 4.49. The van der Waals surface area contributed by atoms with Crippen molar-refractivity contribution in [1.82, 2.24) is 9.97 Å². The molecule has 0 aliphatic rings.